The van der Waals surface area contributed by atoms with Crippen molar-refractivity contribution in [1.29, 1.82) is 0 Å². The third-order valence-electron chi connectivity index (χ3n) is 3.06. The highest BCUT2D eigenvalue weighted by Gasteiger charge is 2.40. The van der Waals surface area contributed by atoms with Crippen LogP contribution in [0.4, 0.5) is 0 Å². The van der Waals surface area contributed by atoms with Crippen molar-refractivity contribution in [3.8, 4) is 0 Å². The fourth-order valence-electron chi connectivity index (χ4n) is 1.01. The number of carbonyl (C=O) groups is 1. The maximum Gasteiger partial charge on any atom is 0.227 e. The van der Waals surface area contributed by atoms with Crippen LogP contribution in [0.3, 0.4) is 0 Å². The molecule has 0 aliphatic rings. The summed E-state index contributed by atoms with van der Waals surface area (Å²) in [6.45, 7) is 7.89. The highest BCUT2D eigenvalue weighted by atomic mass is 32.1. The van der Waals surface area contributed by atoms with Gasteiger partial charge in [-0.05, 0) is 27.7 Å². The van der Waals surface area contributed by atoms with Crippen LogP contribution in [0, 0.1) is 5.41 Å². The molecule has 0 spiro atoms. The molecule has 4 nitrogen and oxygen atoms in total. The second kappa shape index (κ2) is 4.51. The molecule has 16 heavy (non-hydrogen) atoms. The average Bonchev–Trinajstić information content (AvgIpc) is 2.64. The number of amides is 1. The van der Waals surface area contributed by atoms with E-state index in [0.29, 0.717) is 6.54 Å². The maximum atomic E-state index is 12.0. The molecule has 5 heteroatoms. The number of rotatable bonds is 4. The van der Waals surface area contributed by atoms with Crippen LogP contribution in [0.5, 0.6) is 0 Å². The van der Waals surface area contributed by atoms with E-state index in [0.717, 1.165) is 5.01 Å². The van der Waals surface area contributed by atoms with Gasteiger partial charge in [0.25, 0.3) is 0 Å². The number of carbonyl (C=O) groups excluding carboxylic acids is 1. The van der Waals surface area contributed by atoms with Gasteiger partial charge in [-0.25, -0.2) is 4.98 Å². The van der Waals surface area contributed by atoms with Crippen molar-refractivity contribution < 1.29 is 4.79 Å². The molecule has 0 saturated heterocycles. The summed E-state index contributed by atoms with van der Waals surface area (Å²) in [6, 6.07) is 0. The first kappa shape index (κ1) is 13.1. The summed E-state index contributed by atoms with van der Waals surface area (Å²) in [7, 11) is 0. The third-order valence-corrected chi connectivity index (χ3v) is 3.84. The van der Waals surface area contributed by atoms with Gasteiger partial charge in [0.15, 0.2) is 0 Å². The molecule has 90 valence electrons. The number of hydrogen-bond acceptors (Lipinski definition) is 4. The lowest BCUT2D eigenvalue weighted by Crippen LogP contribution is -2.55. The van der Waals surface area contributed by atoms with Gasteiger partial charge in [0, 0.05) is 17.1 Å². The molecule has 1 amide bonds. The van der Waals surface area contributed by atoms with Gasteiger partial charge in [-0.3, -0.25) is 4.79 Å². The molecule has 0 fully saturated rings. The van der Waals surface area contributed by atoms with Gasteiger partial charge in [-0.2, -0.15) is 0 Å². The van der Waals surface area contributed by atoms with Crippen molar-refractivity contribution in [3.05, 3.63) is 16.6 Å². The van der Waals surface area contributed by atoms with Crippen molar-refractivity contribution >= 4 is 17.2 Å². The zero-order chi connectivity index (χ0) is 12.4. The Hall–Kier alpha value is -0.940. The van der Waals surface area contributed by atoms with Crippen molar-refractivity contribution in [2.24, 2.45) is 11.1 Å². The molecule has 0 unspecified atom stereocenters. The Morgan fingerprint density at radius 3 is 2.56 bits per heavy atom. The quantitative estimate of drug-likeness (QED) is 0.840. The summed E-state index contributed by atoms with van der Waals surface area (Å²) in [5.41, 5.74) is 4.83. The highest BCUT2D eigenvalue weighted by molar-refractivity contribution is 7.09. The summed E-state index contributed by atoms with van der Waals surface area (Å²) in [5.74, 6) is -0.0461. The molecule has 1 aromatic heterocycles. The number of nitrogens with one attached hydrogen (secondary N) is 1. The monoisotopic (exact) mass is 241 g/mol. The first-order valence-electron chi connectivity index (χ1n) is 5.20. The second-order valence-corrected chi connectivity index (χ2v) is 5.93. The summed E-state index contributed by atoms with van der Waals surface area (Å²) < 4.78 is 0. The molecule has 0 aromatic carbocycles. The van der Waals surface area contributed by atoms with Gasteiger partial charge in [0.05, 0.1) is 12.0 Å². The predicted octanol–water partition coefficient (Wildman–Crippen LogP) is 1.52. The van der Waals surface area contributed by atoms with Crippen LogP contribution in [0.25, 0.3) is 0 Å². The van der Waals surface area contributed by atoms with E-state index in [1.165, 1.54) is 11.3 Å². The molecule has 0 saturated carbocycles. The minimum Gasteiger partial charge on any atom is -0.349 e. The maximum absolute atomic E-state index is 12.0. The van der Waals surface area contributed by atoms with Crippen molar-refractivity contribution in [1.82, 2.24) is 10.3 Å². The number of nitrogens with zero attached hydrogens (tertiary/aromatic N) is 1. The van der Waals surface area contributed by atoms with Crippen molar-refractivity contribution in [2.75, 3.05) is 0 Å². The van der Waals surface area contributed by atoms with Crippen LogP contribution >= 0.6 is 11.3 Å². The molecular weight excluding hydrogens is 222 g/mol. The molecule has 0 aliphatic carbocycles. The molecule has 3 N–H and O–H groups in total. The van der Waals surface area contributed by atoms with Gasteiger partial charge in [-0.1, -0.05) is 0 Å². The van der Waals surface area contributed by atoms with E-state index in [-0.39, 0.29) is 5.91 Å². The van der Waals surface area contributed by atoms with Crippen LogP contribution in [-0.4, -0.2) is 16.4 Å². The van der Waals surface area contributed by atoms with Crippen LogP contribution in [0.1, 0.15) is 32.7 Å². The van der Waals surface area contributed by atoms with Gasteiger partial charge in [0.2, 0.25) is 5.91 Å². The Bertz CT molecular complexity index is 352. The number of thiazole rings is 1. The molecule has 1 rings (SSSR count). The van der Waals surface area contributed by atoms with E-state index in [1.807, 2.05) is 33.1 Å². The first-order valence-corrected chi connectivity index (χ1v) is 6.08. The molecular formula is C11H19N3OS. The van der Waals surface area contributed by atoms with E-state index >= 15 is 0 Å². The molecule has 0 atom stereocenters. The van der Waals surface area contributed by atoms with Crippen LogP contribution < -0.4 is 11.1 Å². The van der Waals surface area contributed by atoms with Gasteiger partial charge < -0.3 is 11.1 Å². The Labute approximate surface area is 100 Å². The normalized spacial score (nSPS) is 12.6. The number of hydrogen-bond donors (Lipinski definition) is 2. The van der Waals surface area contributed by atoms with Crippen LogP contribution in [0.15, 0.2) is 11.6 Å². The van der Waals surface area contributed by atoms with Gasteiger partial charge in [0.1, 0.15) is 5.01 Å². The van der Waals surface area contributed by atoms with E-state index in [9.17, 15) is 4.79 Å². The van der Waals surface area contributed by atoms with E-state index in [4.69, 9.17) is 5.73 Å². The SMILES string of the molecule is CC(C)(N)C(C)(C)C(=O)NCc1nccs1. The van der Waals surface area contributed by atoms with E-state index in [1.54, 1.807) is 6.20 Å². The van der Waals surface area contributed by atoms with E-state index < -0.39 is 11.0 Å². The van der Waals surface area contributed by atoms with E-state index in [2.05, 4.69) is 10.3 Å². The Kier molecular flexibility index (Phi) is 3.70. The fourth-order valence-corrected chi connectivity index (χ4v) is 1.57. The smallest absolute Gasteiger partial charge is 0.227 e. The molecule has 1 aromatic rings. The van der Waals surface area contributed by atoms with Crippen LogP contribution in [0.2, 0.25) is 0 Å². The minimum atomic E-state index is -0.607. The lowest BCUT2D eigenvalue weighted by molar-refractivity contribution is -0.132. The standard InChI is InChI=1S/C11H19N3OS/c1-10(2,11(3,4)12)9(15)14-7-8-13-5-6-16-8/h5-6H,7,12H2,1-4H3,(H,14,15). The van der Waals surface area contributed by atoms with Gasteiger partial charge >= 0.3 is 0 Å². The summed E-state index contributed by atoms with van der Waals surface area (Å²) >= 11 is 1.53. The van der Waals surface area contributed by atoms with Crippen LogP contribution in [-0.2, 0) is 11.3 Å². The lowest BCUT2D eigenvalue weighted by atomic mass is 9.74. The predicted molar refractivity (Wildman–Crippen MR) is 66.0 cm³/mol. The topological polar surface area (TPSA) is 68.0 Å². The number of aromatic nitrogens is 1. The third kappa shape index (κ3) is 2.80. The zero-order valence-corrected chi connectivity index (χ0v) is 11.0. The number of nitrogens with two attached hydrogens (primary N) is 1. The largest absolute Gasteiger partial charge is 0.349 e. The fraction of sp³-hybridized carbons (Fsp3) is 0.636. The average molecular weight is 241 g/mol. The first-order chi connectivity index (χ1) is 7.25. The minimum absolute atomic E-state index is 0.0461. The second-order valence-electron chi connectivity index (χ2n) is 4.96. The molecule has 1 heterocycles. The summed E-state index contributed by atoms with van der Waals surface area (Å²) in [4.78, 5) is 16.1. The summed E-state index contributed by atoms with van der Waals surface area (Å²) in [6.07, 6.45) is 1.73. The van der Waals surface area contributed by atoms with Crippen molar-refractivity contribution in [2.45, 2.75) is 39.8 Å². The zero-order valence-electron chi connectivity index (χ0n) is 10.2. The molecule has 0 radical (unpaired) electrons. The Morgan fingerprint density at radius 1 is 1.50 bits per heavy atom. The molecule has 0 aliphatic heterocycles. The lowest BCUT2D eigenvalue weighted by Gasteiger charge is -2.36. The summed E-state index contributed by atoms with van der Waals surface area (Å²) in [5, 5.41) is 5.65. The van der Waals surface area contributed by atoms with Gasteiger partial charge in [-0.15, -0.1) is 11.3 Å². The Morgan fingerprint density at radius 2 is 2.12 bits per heavy atom. The van der Waals surface area contributed by atoms with Crippen molar-refractivity contribution in [3.63, 3.8) is 0 Å². The molecule has 0 bridgehead atoms. The highest BCUT2D eigenvalue weighted by Crippen LogP contribution is 2.28. The Balaban J connectivity index is 2.59.